The van der Waals surface area contributed by atoms with Crippen molar-refractivity contribution in [1.82, 2.24) is 4.90 Å². The summed E-state index contributed by atoms with van der Waals surface area (Å²) in [7, 11) is 1.49. The van der Waals surface area contributed by atoms with E-state index in [0.29, 0.717) is 6.54 Å². The second-order valence-corrected chi connectivity index (χ2v) is 5.52. The third-order valence-electron chi connectivity index (χ3n) is 4.26. The van der Waals surface area contributed by atoms with Gasteiger partial charge in [0, 0.05) is 25.2 Å². The van der Waals surface area contributed by atoms with E-state index in [0.717, 1.165) is 16.2 Å². The van der Waals surface area contributed by atoms with Crippen molar-refractivity contribution < 1.29 is 19.5 Å². The summed E-state index contributed by atoms with van der Waals surface area (Å²) in [5.74, 6) is -1.41. The number of hydrogen-bond donors (Lipinski definition) is 1. The lowest BCUT2D eigenvalue weighted by molar-refractivity contribution is -0.138. The van der Waals surface area contributed by atoms with Crippen molar-refractivity contribution in [3.05, 3.63) is 29.8 Å². The van der Waals surface area contributed by atoms with Gasteiger partial charge in [-0.25, -0.2) is 0 Å². The van der Waals surface area contributed by atoms with Crippen molar-refractivity contribution in [3.8, 4) is 0 Å². The summed E-state index contributed by atoms with van der Waals surface area (Å²) in [5.41, 5.74) is 1.81. The summed E-state index contributed by atoms with van der Waals surface area (Å²) in [6.45, 7) is 0.461. The van der Waals surface area contributed by atoms with Gasteiger partial charge in [-0.1, -0.05) is 18.2 Å². The standard InChI is InChI=1S/C15H16N2O4/c1-16-13(18)7-12(15(16)21)17-8-9(6-14(19)20)10-4-2-3-5-11(10)17/h2-5,9,12H,6-8H2,1H3,(H,19,20). The van der Waals surface area contributed by atoms with Gasteiger partial charge in [0.1, 0.15) is 6.04 Å². The summed E-state index contributed by atoms with van der Waals surface area (Å²) in [6.07, 6.45) is 0.182. The van der Waals surface area contributed by atoms with Crippen molar-refractivity contribution in [2.75, 3.05) is 18.5 Å². The maximum absolute atomic E-state index is 12.2. The van der Waals surface area contributed by atoms with Crippen LogP contribution in [0.25, 0.3) is 0 Å². The zero-order valence-corrected chi connectivity index (χ0v) is 11.7. The highest BCUT2D eigenvalue weighted by Gasteiger charge is 2.44. The predicted octanol–water partition coefficient (Wildman–Crippen LogP) is 0.822. The molecule has 2 aliphatic rings. The fourth-order valence-electron chi connectivity index (χ4n) is 3.19. The number of likely N-dealkylation sites (N-methyl/N-ethyl adjacent to an activating group) is 1. The van der Waals surface area contributed by atoms with Crippen LogP contribution >= 0.6 is 0 Å². The first-order valence-corrected chi connectivity index (χ1v) is 6.86. The lowest BCUT2D eigenvalue weighted by Crippen LogP contribution is -2.40. The molecule has 0 saturated carbocycles. The molecule has 2 unspecified atom stereocenters. The number of fused-ring (bicyclic) bond motifs is 1. The number of amides is 2. The lowest BCUT2D eigenvalue weighted by atomic mass is 9.98. The molecule has 2 atom stereocenters. The van der Waals surface area contributed by atoms with Crippen molar-refractivity contribution in [2.24, 2.45) is 0 Å². The summed E-state index contributed by atoms with van der Waals surface area (Å²) in [4.78, 5) is 37.9. The molecule has 6 heteroatoms. The van der Waals surface area contributed by atoms with Crippen LogP contribution in [0.2, 0.25) is 0 Å². The Morgan fingerprint density at radius 3 is 2.67 bits per heavy atom. The van der Waals surface area contributed by atoms with E-state index in [1.54, 1.807) is 0 Å². The molecular formula is C15H16N2O4. The minimum Gasteiger partial charge on any atom is -0.481 e. The summed E-state index contributed by atoms with van der Waals surface area (Å²) in [6, 6.07) is 6.99. The van der Waals surface area contributed by atoms with Crippen LogP contribution in [-0.2, 0) is 14.4 Å². The molecule has 2 amide bonds. The number of para-hydroxylation sites is 1. The number of carbonyl (C=O) groups is 3. The molecular weight excluding hydrogens is 272 g/mol. The van der Waals surface area contributed by atoms with E-state index >= 15 is 0 Å². The molecule has 6 nitrogen and oxygen atoms in total. The van der Waals surface area contributed by atoms with Gasteiger partial charge in [-0.2, -0.15) is 0 Å². The first kappa shape index (κ1) is 13.6. The summed E-state index contributed by atoms with van der Waals surface area (Å²) < 4.78 is 0. The second kappa shape index (κ2) is 4.87. The Kier molecular flexibility index (Phi) is 3.16. The van der Waals surface area contributed by atoms with Crippen LogP contribution in [0.3, 0.4) is 0 Å². The first-order valence-electron chi connectivity index (χ1n) is 6.86. The number of likely N-dealkylation sites (tertiary alicyclic amines) is 1. The van der Waals surface area contributed by atoms with E-state index < -0.39 is 12.0 Å². The predicted molar refractivity (Wildman–Crippen MR) is 75.0 cm³/mol. The van der Waals surface area contributed by atoms with Crippen LogP contribution in [0, 0.1) is 0 Å². The van der Waals surface area contributed by atoms with Gasteiger partial charge in [0.25, 0.3) is 5.91 Å². The minimum atomic E-state index is -0.859. The fourth-order valence-corrected chi connectivity index (χ4v) is 3.19. The average molecular weight is 288 g/mol. The second-order valence-electron chi connectivity index (χ2n) is 5.52. The smallest absolute Gasteiger partial charge is 0.304 e. The van der Waals surface area contributed by atoms with Crippen LogP contribution < -0.4 is 4.90 Å². The van der Waals surface area contributed by atoms with Gasteiger partial charge in [-0.15, -0.1) is 0 Å². The van der Waals surface area contributed by atoms with Gasteiger partial charge in [-0.05, 0) is 11.6 Å². The third-order valence-corrected chi connectivity index (χ3v) is 4.26. The number of aliphatic carboxylic acids is 1. The van der Waals surface area contributed by atoms with Crippen molar-refractivity contribution in [3.63, 3.8) is 0 Å². The molecule has 110 valence electrons. The molecule has 1 fully saturated rings. The molecule has 1 aromatic rings. The number of imide groups is 1. The number of carboxylic acid groups (broad SMARTS) is 1. The van der Waals surface area contributed by atoms with Crippen LogP contribution in [-0.4, -0.2) is 47.4 Å². The molecule has 2 heterocycles. The highest BCUT2D eigenvalue weighted by Crippen LogP contribution is 2.40. The van der Waals surface area contributed by atoms with Gasteiger partial charge in [-0.3, -0.25) is 19.3 Å². The van der Waals surface area contributed by atoms with Crippen LogP contribution in [0.5, 0.6) is 0 Å². The quantitative estimate of drug-likeness (QED) is 0.833. The zero-order valence-electron chi connectivity index (χ0n) is 11.7. The molecule has 0 radical (unpaired) electrons. The van der Waals surface area contributed by atoms with Gasteiger partial charge >= 0.3 is 5.97 Å². The minimum absolute atomic E-state index is 0.0260. The normalized spacial score (nSPS) is 24.6. The van der Waals surface area contributed by atoms with Gasteiger partial charge in [0.15, 0.2) is 0 Å². The maximum atomic E-state index is 12.2. The Balaban J connectivity index is 1.93. The number of carboxylic acids is 1. The average Bonchev–Trinajstić information content (AvgIpc) is 2.92. The monoisotopic (exact) mass is 288 g/mol. The molecule has 1 aromatic carbocycles. The first-order chi connectivity index (χ1) is 9.99. The number of nitrogens with zero attached hydrogens (tertiary/aromatic N) is 2. The molecule has 1 N–H and O–H groups in total. The van der Waals surface area contributed by atoms with E-state index in [1.807, 2.05) is 29.2 Å². The highest BCUT2D eigenvalue weighted by molar-refractivity contribution is 6.07. The number of benzene rings is 1. The molecule has 21 heavy (non-hydrogen) atoms. The summed E-state index contributed by atoms with van der Waals surface area (Å²) in [5, 5.41) is 9.04. The number of rotatable bonds is 3. The SMILES string of the molecule is CN1C(=O)CC(N2CC(CC(=O)O)c3ccccc32)C1=O. The van der Waals surface area contributed by atoms with Gasteiger partial charge in [0.2, 0.25) is 5.91 Å². The van der Waals surface area contributed by atoms with Gasteiger partial charge < -0.3 is 10.0 Å². The topological polar surface area (TPSA) is 77.9 Å². The van der Waals surface area contributed by atoms with E-state index in [1.165, 1.54) is 7.05 Å². The fraction of sp³-hybridized carbons (Fsp3) is 0.400. The maximum Gasteiger partial charge on any atom is 0.304 e. The zero-order chi connectivity index (χ0) is 15.1. The van der Waals surface area contributed by atoms with Crippen molar-refractivity contribution in [2.45, 2.75) is 24.8 Å². The largest absolute Gasteiger partial charge is 0.481 e. The Bertz CT molecular complexity index is 628. The Morgan fingerprint density at radius 1 is 1.33 bits per heavy atom. The summed E-state index contributed by atoms with van der Waals surface area (Å²) >= 11 is 0. The highest BCUT2D eigenvalue weighted by atomic mass is 16.4. The van der Waals surface area contributed by atoms with Crippen LogP contribution in [0.15, 0.2) is 24.3 Å². The molecule has 3 rings (SSSR count). The molecule has 2 aliphatic heterocycles. The Hall–Kier alpha value is -2.37. The van der Waals surface area contributed by atoms with E-state index in [4.69, 9.17) is 5.11 Å². The molecule has 0 bridgehead atoms. The van der Waals surface area contributed by atoms with E-state index in [9.17, 15) is 14.4 Å². The van der Waals surface area contributed by atoms with Crippen LogP contribution in [0.4, 0.5) is 5.69 Å². The molecule has 1 saturated heterocycles. The molecule has 0 aromatic heterocycles. The number of hydrogen-bond acceptors (Lipinski definition) is 4. The Labute approximate surface area is 122 Å². The van der Waals surface area contributed by atoms with Crippen molar-refractivity contribution in [1.29, 1.82) is 0 Å². The van der Waals surface area contributed by atoms with E-state index in [2.05, 4.69) is 0 Å². The van der Waals surface area contributed by atoms with Gasteiger partial charge in [0.05, 0.1) is 12.8 Å². The van der Waals surface area contributed by atoms with Crippen molar-refractivity contribution >= 4 is 23.5 Å². The number of carbonyl (C=O) groups excluding carboxylic acids is 2. The lowest BCUT2D eigenvalue weighted by Gasteiger charge is -2.25. The Morgan fingerprint density at radius 2 is 2.05 bits per heavy atom. The van der Waals surface area contributed by atoms with E-state index in [-0.39, 0.29) is 30.6 Å². The molecule has 0 aliphatic carbocycles. The third kappa shape index (κ3) is 2.16. The molecule has 0 spiro atoms. The number of anilines is 1. The van der Waals surface area contributed by atoms with Crippen LogP contribution in [0.1, 0.15) is 24.3 Å².